The summed E-state index contributed by atoms with van der Waals surface area (Å²) in [7, 11) is -0.600. The lowest BCUT2D eigenvalue weighted by molar-refractivity contribution is 0.102. The Balaban J connectivity index is 1.51. The highest BCUT2D eigenvalue weighted by molar-refractivity contribution is 7.89. The van der Waals surface area contributed by atoms with Crippen LogP contribution in [0.3, 0.4) is 0 Å². The van der Waals surface area contributed by atoms with Gasteiger partial charge in [-0.2, -0.15) is 0 Å². The van der Waals surface area contributed by atoms with Gasteiger partial charge in [0, 0.05) is 25.2 Å². The van der Waals surface area contributed by atoms with Gasteiger partial charge >= 0.3 is 6.01 Å². The summed E-state index contributed by atoms with van der Waals surface area (Å²) in [5, 5.41) is 10.3. The summed E-state index contributed by atoms with van der Waals surface area (Å²) in [6.45, 7) is 0. The van der Waals surface area contributed by atoms with E-state index in [2.05, 4.69) is 20.5 Å². The van der Waals surface area contributed by atoms with E-state index in [0.717, 1.165) is 14.5 Å². The Morgan fingerprint density at radius 1 is 1.10 bits per heavy atom. The molecule has 0 aliphatic rings. The minimum Gasteiger partial charge on any atom is -0.403 e. The average Bonchev–Trinajstić information content (AvgIpc) is 3.36. The first kappa shape index (κ1) is 19.2. The molecule has 11 heteroatoms. The highest BCUT2D eigenvalue weighted by Crippen LogP contribution is 2.24. The van der Waals surface area contributed by atoms with Crippen molar-refractivity contribution in [3.8, 4) is 11.5 Å². The van der Waals surface area contributed by atoms with Gasteiger partial charge in [-0.3, -0.25) is 10.1 Å². The third-order valence-electron chi connectivity index (χ3n) is 4.12. The quantitative estimate of drug-likeness (QED) is 0.518. The topological polar surface area (TPSA) is 118 Å². The molecule has 2 heterocycles. The van der Waals surface area contributed by atoms with E-state index in [9.17, 15) is 13.2 Å². The molecule has 1 amide bonds. The summed E-state index contributed by atoms with van der Waals surface area (Å²) in [5.41, 5.74) is 3.51. The number of nitrogens with zero attached hydrogens (tertiary/aromatic N) is 4. The smallest absolute Gasteiger partial charge is 0.322 e. The SMILES string of the molecule is CN(C)S(=O)(=O)c1ccc(-c2nnc(NC(=O)c3ccc4ncsc4c3)o2)cc1. The van der Waals surface area contributed by atoms with Crippen LogP contribution in [0.15, 0.2) is 57.3 Å². The van der Waals surface area contributed by atoms with Crippen LogP contribution in [-0.2, 0) is 10.0 Å². The lowest BCUT2D eigenvalue weighted by Crippen LogP contribution is -2.22. The van der Waals surface area contributed by atoms with Crippen LogP contribution in [0.2, 0.25) is 0 Å². The van der Waals surface area contributed by atoms with Crippen molar-refractivity contribution in [2.75, 3.05) is 19.4 Å². The largest absolute Gasteiger partial charge is 0.403 e. The molecule has 2 aromatic heterocycles. The van der Waals surface area contributed by atoms with Gasteiger partial charge in [-0.1, -0.05) is 5.10 Å². The minimum atomic E-state index is -3.52. The summed E-state index contributed by atoms with van der Waals surface area (Å²) in [5.74, 6) is -0.227. The fourth-order valence-electron chi connectivity index (χ4n) is 2.54. The third-order valence-corrected chi connectivity index (χ3v) is 6.74. The Labute approximate surface area is 170 Å². The van der Waals surface area contributed by atoms with Crippen molar-refractivity contribution >= 4 is 43.5 Å². The monoisotopic (exact) mass is 429 g/mol. The fraction of sp³-hybridized carbons (Fsp3) is 0.111. The maximum absolute atomic E-state index is 12.4. The van der Waals surface area contributed by atoms with E-state index in [4.69, 9.17) is 4.42 Å². The molecule has 0 aliphatic heterocycles. The molecule has 4 rings (SSSR count). The molecule has 0 saturated carbocycles. The minimum absolute atomic E-state index is 0.0561. The van der Waals surface area contributed by atoms with Crippen LogP contribution in [0.25, 0.3) is 21.7 Å². The Kier molecular flexibility index (Phi) is 4.86. The van der Waals surface area contributed by atoms with Gasteiger partial charge in [0.05, 0.1) is 20.6 Å². The van der Waals surface area contributed by atoms with Crippen LogP contribution in [0.4, 0.5) is 6.01 Å². The molecule has 148 valence electrons. The number of rotatable bonds is 5. The predicted octanol–water partition coefficient (Wildman–Crippen LogP) is 2.85. The number of anilines is 1. The van der Waals surface area contributed by atoms with Gasteiger partial charge in [0.25, 0.3) is 5.91 Å². The molecule has 4 aromatic rings. The van der Waals surface area contributed by atoms with Crippen molar-refractivity contribution in [2.24, 2.45) is 0 Å². The molecule has 2 aromatic carbocycles. The summed E-state index contributed by atoms with van der Waals surface area (Å²) in [6, 6.07) is 11.2. The Morgan fingerprint density at radius 3 is 2.59 bits per heavy atom. The molecule has 0 fully saturated rings. The molecule has 0 bridgehead atoms. The zero-order valence-corrected chi connectivity index (χ0v) is 17.0. The van der Waals surface area contributed by atoms with Crippen molar-refractivity contribution in [1.82, 2.24) is 19.5 Å². The number of fused-ring (bicyclic) bond motifs is 1. The molecule has 9 nitrogen and oxygen atoms in total. The Bertz CT molecular complexity index is 1290. The predicted molar refractivity (Wildman–Crippen MR) is 108 cm³/mol. The normalized spacial score (nSPS) is 11.8. The van der Waals surface area contributed by atoms with Gasteiger partial charge in [-0.25, -0.2) is 17.7 Å². The maximum atomic E-state index is 12.4. The van der Waals surface area contributed by atoms with Gasteiger partial charge in [0.2, 0.25) is 15.9 Å². The number of amides is 1. The molecule has 0 radical (unpaired) electrons. The fourth-order valence-corrected chi connectivity index (χ4v) is 4.15. The second kappa shape index (κ2) is 7.35. The molecular weight excluding hydrogens is 414 g/mol. The molecule has 1 N–H and O–H groups in total. The van der Waals surface area contributed by atoms with E-state index >= 15 is 0 Å². The highest BCUT2D eigenvalue weighted by atomic mass is 32.2. The van der Waals surface area contributed by atoms with E-state index in [1.807, 2.05) is 0 Å². The van der Waals surface area contributed by atoms with Crippen molar-refractivity contribution in [1.29, 1.82) is 0 Å². The zero-order chi connectivity index (χ0) is 20.6. The summed E-state index contributed by atoms with van der Waals surface area (Å²) in [4.78, 5) is 16.7. The van der Waals surface area contributed by atoms with E-state index in [1.165, 1.54) is 37.6 Å². The average molecular weight is 429 g/mol. The Hall–Kier alpha value is -3.15. The van der Waals surface area contributed by atoms with Gasteiger partial charge < -0.3 is 4.42 Å². The first-order valence-corrected chi connectivity index (χ1v) is 10.7. The lowest BCUT2D eigenvalue weighted by Gasteiger charge is -2.11. The van der Waals surface area contributed by atoms with E-state index < -0.39 is 10.0 Å². The molecular formula is C18H15N5O4S2. The van der Waals surface area contributed by atoms with Crippen molar-refractivity contribution < 1.29 is 17.6 Å². The number of thiazole rings is 1. The summed E-state index contributed by atoms with van der Waals surface area (Å²) >= 11 is 1.44. The van der Waals surface area contributed by atoms with Gasteiger partial charge in [0.1, 0.15) is 0 Å². The van der Waals surface area contributed by atoms with Crippen LogP contribution in [-0.4, -0.2) is 47.9 Å². The van der Waals surface area contributed by atoms with Crippen molar-refractivity contribution in [3.05, 3.63) is 53.5 Å². The number of benzene rings is 2. The number of sulfonamides is 1. The molecule has 0 spiro atoms. The number of carbonyl (C=O) groups excluding carboxylic acids is 1. The summed E-state index contributed by atoms with van der Waals surface area (Å²) in [6.07, 6.45) is 0. The molecule has 0 aliphatic carbocycles. The molecule has 0 atom stereocenters. The number of hydrogen-bond donors (Lipinski definition) is 1. The zero-order valence-electron chi connectivity index (χ0n) is 15.4. The van der Waals surface area contributed by atoms with E-state index in [0.29, 0.717) is 11.1 Å². The van der Waals surface area contributed by atoms with Crippen LogP contribution >= 0.6 is 11.3 Å². The van der Waals surface area contributed by atoms with Crippen LogP contribution in [0, 0.1) is 0 Å². The maximum Gasteiger partial charge on any atom is 0.322 e. The van der Waals surface area contributed by atoms with Crippen molar-refractivity contribution in [2.45, 2.75) is 4.90 Å². The van der Waals surface area contributed by atoms with Crippen LogP contribution in [0.5, 0.6) is 0 Å². The number of carbonyl (C=O) groups is 1. The molecule has 0 unspecified atom stereocenters. The highest BCUT2D eigenvalue weighted by Gasteiger charge is 2.18. The standard InChI is InChI=1S/C18H15N5O4S2/c1-23(2)29(25,26)13-6-3-11(4-7-13)17-21-22-18(27-17)20-16(24)12-5-8-14-15(9-12)28-10-19-14/h3-10H,1-2H3,(H,20,22,24). The molecule has 0 saturated heterocycles. The number of nitrogens with one attached hydrogen (secondary N) is 1. The Morgan fingerprint density at radius 2 is 1.86 bits per heavy atom. The van der Waals surface area contributed by atoms with Crippen LogP contribution < -0.4 is 5.32 Å². The van der Waals surface area contributed by atoms with E-state index in [-0.39, 0.29) is 22.7 Å². The van der Waals surface area contributed by atoms with Crippen molar-refractivity contribution in [3.63, 3.8) is 0 Å². The first-order chi connectivity index (χ1) is 13.8. The lowest BCUT2D eigenvalue weighted by atomic mass is 10.2. The van der Waals surface area contributed by atoms with E-state index in [1.54, 1.807) is 35.8 Å². The molecule has 29 heavy (non-hydrogen) atoms. The van der Waals surface area contributed by atoms with Crippen LogP contribution in [0.1, 0.15) is 10.4 Å². The summed E-state index contributed by atoms with van der Waals surface area (Å²) < 4.78 is 31.8. The third kappa shape index (κ3) is 3.75. The van der Waals surface area contributed by atoms with Gasteiger partial charge in [-0.05, 0) is 42.5 Å². The van der Waals surface area contributed by atoms with Gasteiger partial charge in [0.15, 0.2) is 0 Å². The number of aromatic nitrogens is 3. The number of hydrogen-bond acceptors (Lipinski definition) is 8. The van der Waals surface area contributed by atoms with Gasteiger partial charge in [-0.15, -0.1) is 16.4 Å². The second-order valence-corrected chi connectivity index (χ2v) is 9.25. The second-order valence-electron chi connectivity index (χ2n) is 6.21. The first-order valence-electron chi connectivity index (χ1n) is 8.36.